The van der Waals surface area contributed by atoms with Gasteiger partial charge in [-0.25, -0.2) is 4.98 Å². The van der Waals surface area contributed by atoms with Gasteiger partial charge < -0.3 is 15.0 Å². The van der Waals surface area contributed by atoms with Crippen LogP contribution < -0.4 is 10.1 Å². The Hall–Kier alpha value is -3.67. The fourth-order valence-electron chi connectivity index (χ4n) is 2.99. The number of pyridine rings is 1. The summed E-state index contributed by atoms with van der Waals surface area (Å²) in [5.74, 6) is 1.49. The molecule has 0 spiro atoms. The zero-order valence-electron chi connectivity index (χ0n) is 15.5. The van der Waals surface area contributed by atoms with Gasteiger partial charge in [-0.3, -0.25) is 9.78 Å². The number of fused-ring (bicyclic) bond motifs is 1. The van der Waals surface area contributed by atoms with Crippen molar-refractivity contribution in [1.82, 2.24) is 15.0 Å². The normalized spacial score (nSPS) is 10.8. The first-order valence-electron chi connectivity index (χ1n) is 9.05. The van der Waals surface area contributed by atoms with Crippen LogP contribution in [0.1, 0.15) is 12.0 Å². The molecule has 0 fully saturated rings. The van der Waals surface area contributed by atoms with Crippen molar-refractivity contribution in [2.45, 2.75) is 12.8 Å². The van der Waals surface area contributed by atoms with E-state index in [0.29, 0.717) is 18.7 Å². The number of methoxy groups -OCH3 is 1. The molecular formula is C22H20N4O2. The Bertz CT molecular complexity index is 1090. The molecule has 6 heteroatoms. The number of ether oxygens (including phenoxy) is 1. The van der Waals surface area contributed by atoms with Crippen molar-refractivity contribution in [1.29, 1.82) is 0 Å². The quantitative estimate of drug-likeness (QED) is 0.531. The minimum Gasteiger partial charge on any atom is -0.497 e. The van der Waals surface area contributed by atoms with Crippen molar-refractivity contribution >= 4 is 22.6 Å². The van der Waals surface area contributed by atoms with Crippen molar-refractivity contribution in [2.75, 3.05) is 12.4 Å². The van der Waals surface area contributed by atoms with Crippen molar-refractivity contribution in [3.63, 3.8) is 0 Å². The highest BCUT2D eigenvalue weighted by atomic mass is 16.5. The van der Waals surface area contributed by atoms with Crippen LogP contribution in [0.25, 0.3) is 22.6 Å². The first kappa shape index (κ1) is 17.7. The number of rotatable bonds is 6. The minimum absolute atomic E-state index is 0.0281. The standard InChI is InChI=1S/C22H20N4O2/c1-28-17-9-5-15(6-10-17)7-12-21(27)24-16-8-11-18-20(14-16)26-22(25-18)19-4-2-3-13-23-19/h2-6,8-11,13-14H,7,12H2,1H3,(H,24,27)(H,25,26). The largest absolute Gasteiger partial charge is 0.497 e. The van der Waals surface area contributed by atoms with Gasteiger partial charge in [-0.05, 0) is 54.4 Å². The molecule has 0 aliphatic carbocycles. The molecule has 0 saturated carbocycles. The highest BCUT2D eigenvalue weighted by Gasteiger charge is 2.08. The summed E-state index contributed by atoms with van der Waals surface area (Å²) in [5.41, 5.74) is 4.30. The molecule has 2 aromatic carbocycles. The number of aryl methyl sites for hydroxylation is 1. The SMILES string of the molecule is COc1ccc(CCC(=O)Nc2ccc3nc(-c4ccccn4)[nH]c3c2)cc1. The lowest BCUT2D eigenvalue weighted by atomic mass is 10.1. The Morgan fingerprint density at radius 1 is 1.11 bits per heavy atom. The average Bonchev–Trinajstić information content (AvgIpc) is 3.17. The lowest BCUT2D eigenvalue weighted by Crippen LogP contribution is -2.12. The van der Waals surface area contributed by atoms with Gasteiger partial charge >= 0.3 is 0 Å². The molecule has 4 aromatic rings. The second kappa shape index (κ2) is 7.92. The van der Waals surface area contributed by atoms with Gasteiger partial charge in [0.2, 0.25) is 5.91 Å². The summed E-state index contributed by atoms with van der Waals surface area (Å²) in [7, 11) is 1.64. The Balaban J connectivity index is 1.41. The molecule has 6 nitrogen and oxygen atoms in total. The van der Waals surface area contributed by atoms with Crippen molar-refractivity contribution < 1.29 is 9.53 Å². The van der Waals surface area contributed by atoms with Crippen molar-refractivity contribution in [2.24, 2.45) is 0 Å². The average molecular weight is 372 g/mol. The number of nitrogens with zero attached hydrogens (tertiary/aromatic N) is 2. The highest BCUT2D eigenvalue weighted by Crippen LogP contribution is 2.22. The third-order valence-corrected chi connectivity index (χ3v) is 4.47. The van der Waals surface area contributed by atoms with E-state index in [0.717, 1.165) is 33.7 Å². The number of benzene rings is 2. The molecule has 28 heavy (non-hydrogen) atoms. The number of aromatic amines is 1. The number of carbonyl (C=O) groups excluding carboxylic acids is 1. The van der Waals surface area contributed by atoms with Crippen LogP contribution in [0.15, 0.2) is 66.9 Å². The number of imidazole rings is 1. The first-order chi connectivity index (χ1) is 13.7. The number of amides is 1. The number of carbonyl (C=O) groups is 1. The Kier molecular flexibility index (Phi) is 5.01. The van der Waals surface area contributed by atoms with Gasteiger partial charge in [0.15, 0.2) is 5.82 Å². The number of anilines is 1. The van der Waals surface area contributed by atoms with Crippen LogP contribution in [0.5, 0.6) is 5.75 Å². The third-order valence-electron chi connectivity index (χ3n) is 4.47. The summed E-state index contributed by atoms with van der Waals surface area (Å²) in [6, 6.07) is 19.1. The zero-order chi connectivity index (χ0) is 19.3. The van der Waals surface area contributed by atoms with E-state index in [2.05, 4.69) is 20.3 Å². The molecule has 2 N–H and O–H groups in total. The topological polar surface area (TPSA) is 79.9 Å². The molecule has 0 aliphatic heterocycles. The number of nitrogens with one attached hydrogen (secondary N) is 2. The predicted molar refractivity (Wildman–Crippen MR) is 109 cm³/mol. The van der Waals surface area contributed by atoms with E-state index in [1.165, 1.54) is 0 Å². The Morgan fingerprint density at radius 2 is 1.96 bits per heavy atom. The maximum absolute atomic E-state index is 12.3. The second-order valence-electron chi connectivity index (χ2n) is 6.43. The lowest BCUT2D eigenvalue weighted by Gasteiger charge is -2.06. The molecule has 1 amide bonds. The molecular weight excluding hydrogens is 352 g/mol. The molecule has 0 radical (unpaired) electrons. The van der Waals surface area contributed by atoms with Crippen LogP contribution in [0.4, 0.5) is 5.69 Å². The molecule has 0 bridgehead atoms. The fourth-order valence-corrected chi connectivity index (χ4v) is 2.99. The summed E-state index contributed by atoms with van der Waals surface area (Å²) in [4.78, 5) is 24.4. The molecule has 0 atom stereocenters. The summed E-state index contributed by atoms with van der Waals surface area (Å²) >= 11 is 0. The molecule has 140 valence electrons. The molecule has 0 aliphatic rings. The zero-order valence-corrected chi connectivity index (χ0v) is 15.5. The number of aromatic nitrogens is 3. The fraction of sp³-hybridized carbons (Fsp3) is 0.136. The van der Waals surface area contributed by atoms with Crippen LogP contribution in [-0.4, -0.2) is 28.0 Å². The number of hydrogen-bond donors (Lipinski definition) is 2. The number of hydrogen-bond acceptors (Lipinski definition) is 4. The van der Waals surface area contributed by atoms with E-state index in [-0.39, 0.29) is 5.91 Å². The van der Waals surface area contributed by atoms with Gasteiger partial charge in [0.05, 0.1) is 18.1 Å². The third kappa shape index (κ3) is 4.01. The Morgan fingerprint density at radius 3 is 2.71 bits per heavy atom. The molecule has 2 aromatic heterocycles. The predicted octanol–water partition coefficient (Wildman–Crippen LogP) is 4.20. The van der Waals surface area contributed by atoms with Crippen LogP contribution in [0.3, 0.4) is 0 Å². The maximum Gasteiger partial charge on any atom is 0.224 e. The minimum atomic E-state index is -0.0281. The van der Waals surface area contributed by atoms with E-state index >= 15 is 0 Å². The summed E-state index contributed by atoms with van der Waals surface area (Å²) in [6.45, 7) is 0. The summed E-state index contributed by atoms with van der Waals surface area (Å²) < 4.78 is 5.15. The number of H-pyrrole nitrogens is 1. The summed E-state index contributed by atoms with van der Waals surface area (Å²) in [6.07, 6.45) is 2.81. The molecule has 0 saturated heterocycles. The first-order valence-corrected chi connectivity index (χ1v) is 9.05. The van der Waals surface area contributed by atoms with E-state index in [9.17, 15) is 4.79 Å². The Labute approximate surface area is 162 Å². The van der Waals surface area contributed by atoms with Gasteiger partial charge in [-0.1, -0.05) is 18.2 Å². The van der Waals surface area contributed by atoms with E-state index in [4.69, 9.17) is 4.74 Å². The van der Waals surface area contributed by atoms with Crippen molar-refractivity contribution in [3.8, 4) is 17.3 Å². The van der Waals surface area contributed by atoms with Gasteiger partial charge in [-0.2, -0.15) is 0 Å². The smallest absolute Gasteiger partial charge is 0.224 e. The summed E-state index contributed by atoms with van der Waals surface area (Å²) in [5, 5.41) is 2.95. The van der Waals surface area contributed by atoms with Gasteiger partial charge in [0.1, 0.15) is 11.4 Å². The van der Waals surface area contributed by atoms with Gasteiger partial charge in [0, 0.05) is 18.3 Å². The van der Waals surface area contributed by atoms with E-state index in [1.54, 1.807) is 13.3 Å². The van der Waals surface area contributed by atoms with Crippen LogP contribution in [0.2, 0.25) is 0 Å². The van der Waals surface area contributed by atoms with Gasteiger partial charge in [0.25, 0.3) is 0 Å². The molecule has 0 unspecified atom stereocenters. The van der Waals surface area contributed by atoms with Gasteiger partial charge in [-0.15, -0.1) is 0 Å². The maximum atomic E-state index is 12.3. The van der Waals surface area contributed by atoms with E-state index < -0.39 is 0 Å². The lowest BCUT2D eigenvalue weighted by molar-refractivity contribution is -0.116. The van der Waals surface area contributed by atoms with Crippen LogP contribution in [-0.2, 0) is 11.2 Å². The van der Waals surface area contributed by atoms with E-state index in [1.807, 2.05) is 60.7 Å². The second-order valence-corrected chi connectivity index (χ2v) is 6.43. The van der Waals surface area contributed by atoms with Crippen molar-refractivity contribution in [3.05, 3.63) is 72.4 Å². The monoisotopic (exact) mass is 372 g/mol. The van der Waals surface area contributed by atoms with Crippen LogP contribution in [0, 0.1) is 0 Å². The molecule has 2 heterocycles. The molecule has 4 rings (SSSR count). The van der Waals surface area contributed by atoms with Crippen LogP contribution >= 0.6 is 0 Å². The highest BCUT2D eigenvalue weighted by molar-refractivity contribution is 5.93.